The third-order valence-electron chi connectivity index (χ3n) is 2.07. The van der Waals surface area contributed by atoms with Gasteiger partial charge in [-0.15, -0.1) is 0 Å². The maximum Gasteiger partial charge on any atom is 0.0942 e. The molecule has 11 heavy (non-hydrogen) atoms. The molecule has 60 valence electrons. The average molecular weight is 165 g/mol. The van der Waals surface area contributed by atoms with Crippen LogP contribution in [0.25, 0.3) is 0 Å². The highest BCUT2D eigenvalue weighted by atomic mass is 28.3. The Hall–Kier alpha value is -0.603. The van der Waals surface area contributed by atoms with Gasteiger partial charge >= 0.3 is 0 Å². The van der Waals surface area contributed by atoms with E-state index in [2.05, 4.69) is 37.4 Å². The fourth-order valence-electron chi connectivity index (χ4n) is 1.01. The zero-order chi connectivity index (χ0) is 8.32. The lowest BCUT2D eigenvalue weighted by Crippen LogP contribution is -2.48. The van der Waals surface area contributed by atoms with Crippen LogP contribution < -0.4 is 10.9 Å². The minimum atomic E-state index is -1.28. The van der Waals surface area contributed by atoms with Crippen molar-refractivity contribution in [2.75, 3.05) is 6.17 Å². The maximum absolute atomic E-state index is 5.70. The van der Waals surface area contributed by atoms with Crippen molar-refractivity contribution in [3.8, 4) is 0 Å². The van der Waals surface area contributed by atoms with Gasteiger partial charge in [0.2, 0.25) is 0 Å². The predicted octanol–water partition coefficient (Wildman–Crippen LogP) is 1.10. The van der Waals surface area contributed by atoms with Gasteiger partial charge in [-0.1, -0.05) is 48.6 Å². The zero-order valence-electron chi connectivity index (χ0n) is 7.17. The Morgan fingerprint density at radius 1 is 1.18 bits per heavy atom. The Bertz CT molecular complexity index is 218. The summed E-state index contributed by atoms with van der Waals surface area (Å²) < 4.78 is 0. The first-order valence-corrected chi connectivity index (χ1v) is 7.13. The number of rotatable bonds is 2. The zero-order valence-corrected chi connectivity index (χ0v) is 8.17. The van der Waals surface area contributed by atoms with Crippen LogP contribution in [0.2, 0.25) is 13.1 Å². The molecule has 2 heteroatoms. The summed E-state index contributed by atoms with van der Waals surface area (Å²) in [4.78, 5) is 0. The second kappa shape index (κ2) is 3.20. The van der Waals surface area contributed by atoms with Crippen LogP contribution in [0.15, 0.2) is 30.3 Å². The number of nitrogens with two attached hydrogens (primary N) is 1. The van der Waals surface area contributed by atoms with E-state index in [4.69, 9.17) is 5.73 Å². The molecule has 1 aromatic carbocycles. The Kier molecular flexibility index (Phi) is 2.47. The smallest absolute Gasteiger partial charge is 0.0942 e. The number of hydrogen-bond donors (Lipinski definition) is 1. The molecule has 0 heterocycles. The van der Waals surface area contributed by atoms with Gasteiger partial charge in [-0.3, -0.25) is 0 Å². The van der Waals surface area contributed by atoms with Gasteiger partial charge in [0.1, 0.15) is 0 Å². The van der Waals surface area contributed by atoms with Gasteiger partial charge < -0.3 is 5.73 Å². The van der Waals surface area contributed by atoms with Crippen molar-refractivity contribution in [2.24, 2.45) is 5.73 Å². The van der Waals surface area contributed by atoms with Crippen LogP contribution in [-0.2, 0) is 0 Å². The van der Waals surface area contributed by atoms with Crippen molar-refractivity contribution in [2.45, 2.75) is 13.1 Å². The lowest BCUT2D eigenvalue weighted by Gasteiger charge is -2.19. The SMILES string of the molecule is C[Si](C)(CN)c1ccccc1. The first-order chi connectivity index (χ1) is 5.17. The fraction of sp³-hybridized carbons (Fsp3) is 0.333. The van der Waals surface area contributed by atoms with Gasteiger partial charge in [-0.25, -0.2) is 0 Å². The molecular formula is C9H15NSi. The summed E-state index contributed by atoms with van der Waals surface area (Å²) in [6.45, 7) is 4.59. The largest absolute Gasteiger partial charge is 0.333 e. The molecule has 0 atom stereocenters. The van der Waals surface area contributed by atoms with Crippen LogP contribution in [0, 0.1) is 0 Å². The molecule has 2 N–H and O–H groups in total. The molecule has 0 aliphatic rings. The van der Waals surface area contributed by atoms with Gasteiger partial charge in [0, 0.05) is 0 Å². The fourth-order valence-corrected chi connectivity index (χ4v) is 2.34. The minimum absolute atomic E-state index is 0.830. The molecule has 0 aromatic heterocycles. The lowest BCUT2D eigenvalue weighted by atomic mass is 10.4. The Morgan fingerprint density at radius 2 is 1.73 bits per heavy atom. The van der Waals surface area contributed by atoms with Crippen LogP contribution in [0.5, 0.6) is 0 Å². The summed E-state index contributed by atoms with van der Waals surface area (Å²) in [6, 6.07) is 10.6. The highest BCUT2D eigenvalue weighted by Crippen LogP contribution is 1.99. The first-order valence-electron chi connectivity index (χ1n) is 3.92. The topological polar surface area (TPSA) is 26.0 Å². The molecule has 0 saturated carbocycles. The van der Waals surface area contributed by atoms with Gasteiger partial charge in [-0.2, -0.15) is 0 Å². The Morgan fingerprint density at radius 3 is 2.18 bits per heavy atom. The van der Waals surface area contributed by atoms with E-state index in [1.807, 2.05) is 6.07 Å². The molecule has 0 aliphatic heterocycles. The number of hydrogen-bond acceptors (Lipinski definition) is 1. The number of benzene rings is 1. The summed E-state index contributed by atoms with van der Waals surface area (Å²) in [5, 5.41) is 1.45. The summed E-state index contributed by atoms with van der Waals surface area (Å²) >= 11 is 0. The molecule has 1 rings (SSSR count). The molecule has 0 bridgehead atoms. The normalized spacial score (nSPS) is 11.5. The molecule has 0 saturated heterocycles. The molecular weight excluding hydrogens is 150 g/mol. The van der Waals surface area contributed by atoms with Crippen LogP contribution in [0.1, 0.15) is 0 Å². The van der Waals surface area contributed by atoms with E-state index in [9.17, 15) is 0 Å². The van der Waals surface area contributed by atoms with E-state index in [0.29, 0.717) is 0 Å². The van der Waals surface area contributed by atoms with Crippen molar-refractivity contribution in [3.05, 3.63) is 30.3 Å². The third-order valence-corrected chi connectivity index (χ3v) is 4.98. The average Bonchev–Trinajstić information content (AvgIpc) is 2.06. The molecule has 1 aromatic rings. The standard InChI is InChI=1S/C9H15NSi/c1-11(2,8-10)9-6-4-3-5-7-9/h3-7H,8,10H2,1-2H3. The predicted molar refractivity (Wildman–Crippen MR) is 52.6 cm³/mol. The van der Waals surface area contributed by atoms with E-state index < -0.39 is 8.07 Å². The van der Waals surface area contributed by atoms with Gasteiger partial charge in [0.05, 0.1) is 8.07 Å². The van der Waals surface area contributed by atoms with Gasteiger partial charge in [-0.05, 0) is 6.17 Å². The summed E-state index contributed by atoms with van der Waals surface area (Å²) in [5.74, 6) is 0. The lowest BCUT2D eigenvalue weighted by molar-refractivity contribution is 1.31. The summed E-state index contributed by atoms with van der Waals surface area (Å²) in [7, 11) is -1.28. The van der Waals surface area contributed by atoms with Crippen LogP contribution in [0.4, 0.5) is 0 Å². The van der Waals surface area contributed by atoms with Crippen LogP contribution >= 0.6 is 0 Å². The van der Waals surface area contributed by atoms with Crippen molar-refractivity contribution in [3.63, 3.8) is 0 Å². The summed E-state index contributed by atoms with van der Waals surface area (Å²) in [6.07, 6.45) is 0.830. The third kappa shape index (κ3) is 1.91. The Balaban J connectivity index is 2.93. The highest BCUT2D eigenvalue weighted by molar-refractivity contribution is 6.89. The highest BCUT2D eigenvalue weighted by Gasteiger charge is 2.19. The van der Waals surface area contributed by atoms with Crippen molar-refractivity contribution in [1.29, 1.82) is 0 Å². The maximum atomic E-state index is 5.70. The van der Waals surface area contributed by atoms with Crippen molar-refractivity contribution >= 4 is 13.3 Å². The van der Waals surface area contributed by atoms with Crippen LogP contribution in [0.3, 0.4) is 0 Å². The minimum Gasteiger partial charge on any atom is -0.333 e. The first kappa shape index (κ1) is 8.49. The van der Waals surface area contributed by atoms with E-state index in [0.717, 1.165) is 6.17 Å². The molecule has 0 amide bonds. The monoisotopic (exact) mass is 165 g/mol. The van der Waals surface area contributed by atoms with Gasteiger partial charge in [0.15, 0.2) is 0 Å². The molecule has 0 unspecified atom stereocenters. The molecule has 0 radical (unpaired) electrons. The van der Waals surface area contributed by atoms with E-state index in [1.54, 1.807) is 0 Å². The second-order valence-corrected chi connectivity index (χ2v) is 8.21. The van der Waals surface area contributed by atoms with Gasteiger partial charge in [0.25, 0.3) is 0 Å². The van der Waals surface area contributed by atoms with E-state index >= 15 is 0 Å². The molecule has 0 aliphatic carbocycles. The second-order valence-electron chi connectivity index (χ2n) is 3.45. The molecule has 1 nitrogen and oxygen atoms in total. The molecule has 0 spiro atoms. The van der Waals surface area contributed by atoms with Crippen molar-refractivity contribution < 1.29 is 0 Å². The molecule has 0 fully saturated rings. The van der Waals surface area contributed by atoms with E-state index in [-0.39, 0.29) is 0 Å². The van der Waals surface area contributed by atoms with Crippen molar-refractivity contribution in [1.82, 2.24) is 0 Å². The summed E-state index contributed by atoms with van der Waals surface area (Å²) in [5.41, 5.74) is 5.70. The Labute approximate surface area is 69.2 Å². The quantitative estimate of drug-likeness (QED) is 0.653. The van der Waals surface area contributed by atoms with Crippen LogP contribution in [-0.4, -0.2) is 14.2 Å². The van der Waals surface area contributed by atoms with E-state index in [1.165, 1.54) is 5.19 Å².